The summed E-state index contributed by atoms with van der Waals surface area (Å²) in [6.45, 7) is 4.23. The van der Waals surface area contributed by atoms with Gasteiger partial charge in [0.1, 0.15) is 0 Å². The lowest BCUT2D eigenvalue weighted by atomic mass is 10.0. The molecule has 22 heavy (non-hydrogen) atoms. The predicted molar refractivity (Wildman–Crippen MR) is 94.6 cm³/mol. The highest BCUT2D eigenvalue weighted by Crippen LogP contribution is 2.29. The van der Waals surface area contributed by atoms with Gasteiger partial charge in [0.05, 0.1) is 12.1 Å². The van der Waals surface area contributed by atoms with Gasteiger partial charge < -0.3 is 15.7 Å². The molecule has 2 rings (SSSR count). The molecular formula is C17H27N3OS. The fourth-order valence-corrected chi connectivity index (χ4v) is 3.40. The highest BCUT2D eigenvalue weighted by atomic mass is 32.2. The molecule has 4 nitrogen and oxygen atoms in total. The van der Waals surface area contributed by atoms with Crippen molar-refractivity contribution in [2.45, 2.75) is 43.1 Å². The molecule has 1 saturated carbocycles. The van der Waals surface area contributed by atoms with Gasteiger partial charge in [-0.1, -0.05) is 31.0 Å². The van der Waals surface area contributed by atoms with Crippen molar-refractivity contribution in [1.29, 1.82) is 0 Å². The van der Waals surface area contributed by atoms with Gasteiger partial charge in [-0.3, -0.25) is 4.99 Å². The Kier molecular flexibility index (Phi) is 7.06. The summed E-state index contributed by atoms with van der Waals surface area (Å²) in [5.41, 5.74) is -0.582. The molecule has 1 aliphatic carbocycles. The molecule has 1 aromatic rings. The van der Waals surface area contributed by atoms with Crippen molar-refractivity contribution in [3.63, 3.8) is 0 Å². The molecule has 122 valence electrons. The van der Waals surface area contributed by atoms with E-state index in [4.69, 9.17) is 0 Å². The quantitative estimate of drug-likeness (QED) is 0.313. The number of thioether (sulfide) groups is 1. The Labute approximate surface area is 137 Å². The molecular weight excluding hydrogens is 294 g/mol. The fraction of sp³-hybridized carbons (Fsp3) is 0.588. The summed E-state index contributed by atoms with van der Waals surface area (Å²) in [5, 5.41) is 16.9. The Morgan fingerprint density at radius 2 is 1.95 bits per heavy atom. The van der Waals surface area contributed by atoms with Crippen molar-refractivity contribution in [1.82, 2.24) is 10.6 Å². The van der Waals surface area contributed by atoms with Crippen LogP contribution in [0.1, 0.15) is 32.6 Å². The third-order valence-electron chi connectivity index (χ3n) is 3.82. The van der Waals surface area contributed by atoms with Gasteiger partial charge in [-0.15, -0.1) is 11.8 Å². The minimum absolute atomic E-state index is 0.494. The van der Waals surface area contributed by atoms with Crippen molar-refractivity contribution in [3.05, 3.63) is 30.3 Å². The van der Waals surface area contributed by atoms with Crippen LogP contribution in [-0.4, -0.2) is 42.1 Å². The van der Waals surface area contributed by atoms with Crippen LogP contribution in [0.15, 0.2) is 40.2 Å². The van der Waals surface area contributed by atoms with Gasteiger partial charge in [-0.05, 0) is 31.9 Å². The summed E-state index contributed by atoms with van der Waals surface area (Å²) < 4.78 is 0. The van der Waals surface area contributed by atoms with Crippen molar-refractivity contribution >= 4 is 17.7 Å². The Bertz CT molecular complexity index is 458. The maximum absolute atomic E-state index is 10.4. The van der Waals surface area contributed by atoms with Crippen LogP contribution in [0.5, 0.6) is 0 Å². The number of aliphatic hydroxyl groups is 1. The Morgan fingerprint density at radius 3 is 2.64 bits per heavy atom. The van der Waals surface area contributed by atoms with E-state index >= 15 is 0 Å². The molecule has 0 spiro atoms. The molecule has 0 amide bonds. The average molecular weight is 321 g/mol. The zero-order valence-electron chi connectivity index (χ0n) is 13.3. The summed E-state index contributed by atoms with van der Waals surface area (Å²) in [6, 6.07) is 10.4. The lowest BCUT2D eigenvalue weighted by Crippen LogP contribution is -2.40. The summed E-state index contributed by atoms with van der Waals surface area (Å²) in [7, 11) is 0. The van der Waals surface area contributed by atoms with Crippen LogP contribution in [0, 0.1) is 0 Å². The Morgan fingerprint density at radius 1 is 1.23 bits per heavy atom. The van der Waals surface area contributed by atoms with Crippen LogP contribution in [-0.2, 0) is 0 Å². The monoisotopic (exact) mass is 321 g/mol. The minimum atomic E-state index is -0.582. The SMILES string of the molecule is CCNC(=NCC1(O)CCCC1)NCCSc1ccccc1. The first-order chi connectivity index (χ1) is 10.7. The van der Waals surface area contributed by atoms with E-state index in [9.17, 15) is 5.11 Å². The third kappa shape index (κ3) is 5.89. The largest absolute Gasteiger partial charge is 0.388 e. The lowest BCUT2D eigenvalue weighted by Gasteiger charge is -2.20. The molecule has 0 saturated heterocycles. The number of benzene rings is 1. The van der Waals surface area contributed by atoms with E-state index in [2.05, 4.69) is 46.8 Å². The summed E-state index contributed by atoms with van der Waals surface area (Å²) in [6.07, 6.45) is 3.98. The van der Waals surface area contributed by atoms with Gasteiger partial charge in [-0.25, -0.2) is 0 Å². The predicted octanol–water partition coefficient (Wildman–Crippen LogP) is 2.64. The summed E-state index contributed by atoms with van der Waals surface area (Å²) >= 11 is 1.83. The first-order valence-corrected chi connectivity index (χ1v) is 9.13. The van der Waals surface area contributed by atoms with Gasteiger partial charge >= 0.3 is 0 Å². The van der Waals surface area contributed by atoms with Crippen LogP contribution in [0.3, 0.4) is 0 Å². The molecule has 5 heteroatoms. The number of rotatable bonds is 7. The molecule has 1 aliphatic rings. The minimum Gasteiger partial charge on any atom is -0.388 e. The zero-order valence-corrected chi connectivity index (χ0v) is 14.2. The molecule has 1 aromatic carbocycles. The van der Waals surface area contributed by atoms with Crippen LogP contribution in [0.2, 0.25) is 0 Å². The number of nitrogens with one attached hydrogen (secondary N) is 2. The molecule has 0 heterocycles. The maximum atomic E-state index is 10.4. The number of guanidine groups is 1. The first kappa shape index (κ1) is 17.2. The summed E-state index contributed by atoms with van der Waals surface area (Å²) in [4.78, 5) is 5.83. The highest BCUT2D eigenvalue weighted by molar-refractivity contribution is 7.99. The third-order valence-corrected chi connectivity index (χ3v) is 4.83. The second-order valence-corrected chi connectivity index (χ2v) is 6.88. The fourth-order valence-electron chi connectivity index (χ4n) is 2.61. The van der Waals surface area contributed by atoms with E-state index < -0.39 is 5.60 Å². The standard InChI is InChI=1S/C17H27N3OS/c1-2-18-16(20-14-17(21)10-6-7-11-17)19-12-13-22-15-8-4-3-5-9-15/h3-5,8-9,21H,2,6-7,10-14H2,1H3,(H2,18,19,20). The molecule has 0 unspecified atom stereocenters. The Balaban J connectivity index is 1.73. The van der Waals surface area contributed by atoms with E-state index in [1.54, 1.807) is 0 Å². The van der Waals surface area contributed by atoms with E-state index in [0.29, 0.717) is 6.54 Å². The smallest absolute Gasteiger partial charge is 0.191 e. The average Bonchev–Trinajstić information content (AvgIpc) is 2.97. The van der Waals surface area contributed by atoms with Gasteiger partial charge in [0, 0.05) is 23.7 Å². The molecule has 0 atom stereocenters. The van der Waals surface area contributed by atoms with Crippen molar-refractivity contribution in [2.24, 2.45) is 4.99 Å². The van der Waals surface area contributed by atoms with Gasteiger partial charge in [0.15, 0.2) is 5.96 Å². The van der Waals surface area contributed by atoms with Crippen LogP contribution >= 0.6 is 11.8 Å². The number of nitrogens with zero attached hydrogens (tertiary/aromatic N) is 1. The number of aliphatic imine (C=N–C) groups is 1. The Hall–Kier alpha value is -1.20. The molecule has 0 radical (unpaired) electrons. The molecule has 0 bridgehead atoms. The molecule has 0 aromatic heterocycles. The number of hydrogen-bond donors (Lipinski definition) is 3. The molecule has 0 aliphatic heterocycles. The van der Waals surface area contributed by atoms with Gasteiger partial charge in [0.2, 0.25) is 0 Å². The topological polar surface area (TPSA) is 56.7 Å². The normalized spacial score (nSPS) is 17.5. The van der Waals surface area contributed by atoms with Crippen molar-refractivity contribution in [3.8, 4) is 0 Å². The maximum Gasteiger partial charge on any atom is 0.191 e. The highest BCUT2D eigenvalue weighted by Gasteiger charge is 2.30. The first-order valence-electron chi connectivity index (χ1n) is 8.14. The van der Waals surface area contributed by atoms with Gasteiger partial charge in [0.25, 0.3) is 0 Å². The second-order valence-electron chi connectivity index (χ2n) is 5.71. The molecule has 3 N–H and O–H groups in total. The van der Waals surface area contributed by atoms with Crippen LogP contribution in [0.4, 0.5) is 0 Å². The molecule has 1 fully saturated rings. The van der Waals surface area contributed by atoms with Crippen LogP contribution in [0.25, 0.3) is 0 Å². The van der Waals surface area contributed by atoms with E-state index in [-0.39, 0.29) is 0 Å². The summed E-state index contributed by atoms with van der Waals surface area (Å²) in [5.74, 6) is 1.79. The zero-order chi connectivity index (χ0) is 15.7. The second kappa shape index (κ2) is 9.06. The van der Waals surface area contributed by atoms with E-state index in [0.717, 1.165) is 50.5 Å². The number of hydrogen-bond acceptors (Lipinski definition) is 3. The van der Waals surface area contributed by atoms with Crippen molar-refractivity contribution < 1.29 is 5.11 Å². The van der Waals surface area contributed by atoms with Crippen LogP contribution < -0.4 is 10.6 Å². The van der Waals surface area contributed by atoms with Gasteiger partial charge in [-0.2, -0.15) is 0 Å². The van der Waals surface area contributed by atoms with E-state index in [1.807, 2.05) is 17.8 Å². The van der Waals surface area contributed by atoms with E-state index in [1.165, 1.54) is 4.90 Å². The lowest BCUT2D eigenvalue weighted by molar-refractivity contribution is 0.0574. The van der Waals surface area contributed by atoms with Crippen molar-refractivity contribution in [2.75, 3.05) is 25.4 Å².